The lowest BCUT2D eigenvalue weighted by Crippen LogP contribution is -2.31. The minimum absolute atomic E-state index is 0.0197. The van der Waals surface area contributed by atoms with Crippen LogP contribution in [0.25, 0.3) is 0 Å². The molecule has 0 spiro atoms. The molecule has 1 aromatic rings. The zero-order chi connectivity index (χ0) is 13.0. The molecule has 1 aromatic heterocycles. The number of carbonyl (C=O) groups is 1. The van der Waals surface area contributed by atoms with Crippen molar-refractivity contribution in [3.63, 3.8) is 0 Å². The second-order valence-electron chi connectivity index (χ2n) is 4.01. The van der Waals surface area contributed by atoms with Crippen LogP contribution < -0.4 is 5.32 Å². The summed E-state index contributed by atoms with van der Waals surface area (Å²) in [7, 11) is 0. The summed E-state index contributed by atoms with van der Waals surface area (Å²) in [5.74, 6) is -0.385. The minimum atomic E-state index is -0.940. The van der Waals surface area contributed by atoms with Gasteiger partial charge in [0.15, 0.2) is 0 Å². The maximum atomic E-state index is 11.0. The van der Waals surface area contributed by atoms with E-state index >= 15 is 0 Å². The molecule has 0 radical (unpaired) electrons. The first-order valence-electron chi connectivity index (χ1n) is 5.08. The quantitative estimate of drug-likeness (QED) is 0.639. The first-order chi connectivity index (χ1) is 7.88. The van der Waals surface area contributed by atoms with Crippen molar-refractivity contribution in [3.05, 3.63) is 16.5 Å². The van der Waals surface area contributed by atoms with E-state index in [2.05, 4.69) is 15.3 Å². The fraction of sp³-hybridized carbons (Fsp3) is 0.500. The van der Waals surface area contributed by atoms with Gasteiger partial charge in [0, 0.05) is 6.07 Å². The van der Waals surface area contributed by atoms with E-state index in [9.17, 15) is 4.79 Å². The van der Waals surface area contributed by atoms with Gasteiger partial charge in [0.25, 0.3) is 0 Å². The molecule has 5 nitrogen and oxygen atoms in total. The van der Waals surface area contributed by atoms with Crippen LogP contribution in [0.1, 0.15) is 20.3 Å². The average molecular weight is 278 g/mol. The van der Waals surface area contributed by atoms with E-state index in [1.807, 2.05) is 13.8 Å². The van der Waals surface area contributed by atoms with Crippen LogP contribution in [0.4, 0.5) is 5.82 Å². The van der Waals surface area contributed by atoms with Gasteiger partial charge in [0.05, 0.1) is 0 Å². The van der Waals surface area contributed by atoms with Crippen LogP contribution in [0.3, 0.4) is 0 Å². The molecule has 0 aliphatic rings. The van der Waals surface area contributed by atoms with Gasteiger partial charge in [-0.15, -0.1) is 0 Å². The third-order valence-electron chi connectivity index (χ3n) is 1.99. The Kier molecular flexibility index (Phi) is 4.96. The number of nitrogens with one attached hydrogen (secondary N) is 1. The van der Waals surface area contributed by atoms with Crippen LogP contribution in [0.5, 0.6) is 0 Å². The van der Waals surface area contributed by atoms with Gasteiger partial charge < -0.3 is 10.4 Å². The molecule has 1 unspecified atom stereocenters. The van der Waals surface area contributed by atoms with Gasteiger partial charge in [-0.2, -0.15) is 0 Å². The molecule has 0 saturated carbocycles. The molecule has 0 amide bonds. The van der Waals surface area contributed by atoms with Crippen molar-refractivity contribution in [2.45, 2.75) is 26.3 Å². The molecule has 1 heterocycles. The molecule has 7 heteroatoms. The summed E-state index contributed by atoms with van der Waals surface area (Å²) in [5, 5.41) is 12.0. The highest BCUT2D eigenvalue weighted by Crippen LogP contribution is 2.17. The monoisotopic (exact) mass is 277 g/mol. The third-order valence-corrected chi connectivity index (χ3v) is 2.36. The van der Waals surface area contributed by atoms with Gasteiger partial charge in [0.2, 0.25) is 5.28 Å². The van der Waals surface area contributed by atoms with Crippen LogP contribution in [-0.2, 0) is 4.79 Å². The Labute approximate surface area is 109 Å². The highest BCUT2D eigenvalue weighted by molar-refractivity contribution is 6.32. The number of carboxylic acid groups (broad SMARTS) is 1. The molecule has 0 bridgehead atoms. The normalized spacial score (nSPS) is 12.5. The number of aliphatic carboxylic acids is 1. The standard InChI is InChI=1S/C10H13Cl2N3O2/c1-5(2)3-6(9(16)17)13-8-4-7(11)14-10(12)15-8/h4-6H,3H2,1-2H3,(H,16,17)(H,13,14,15). The lowest BCUT2D eigenvalue weighted by atomic mass is 10.0. The maximum Gasteiger partial charge on any atom is 0.326 e. The first-order valence-corrected chi connectivity index (χ1v) is 5.83. The van der Waals surface area contributed by atoms with Gasteiger partial charge in [-0.25, -0.2) is 14.8 Å². The number of anilines is 1. The fourth-order valence-corrected chi connectivity index (χ4v) is 1.74. The molecule has 0 aromatic carbocycles. The Balaban J connectivity index is 2.82. The van der Waals surface area contributed by atoms with Gasteiger partial charge in [0.1, 0.15) is 17.0 Å². The van der Waals surface area contributed by atoms with E-state index in [1.54, 1.807) is 0 Å². The Hall–Kier alpha value is -1.07. The number of carboxylic acids is 1. The zero-order valence-corrected chi connectivity index (χ0v) is 11.0. The largest absolute Gasteiger partial charge is 0.480 e. The van der Waals surface area contributed by atoms with E-state index in [-0.39, 0.29) is 16.4 Å². The van der Waals surface area contributed by atoms with E-state index < -0.39 is 12.0 Å². The molecule has 0 aliphatic carbocycles. The van der Waals surface area contributed by atoms with Crippen molar-refractivity contribution in [1.29, 1.82) is 0 Å². The number of aromatic nitrogens is 2. The Morgan fingerprint density at radius 3 is 2.59 bits per heavy atom. The van der Waals surface area contributed by atoms with Crippen molar-refractivity contribution in [1.82, 2.24) is 9.97 Å². The van der Waals surface area contributed by atoms with E-state index in [4.69, 9.17) is 28.3 Å². The smallest absolute Gasteiger partial charge is 0.326 e. The Morgan fingerprint density at radius 1 is 1.47 bits per heavy atom. The molecule has 94 valence electrons. The van der Waals surface area contributed by atoms with Gasteiger partial charge in [-0.3, -0.25) is 0 Å². The highest BCUT2D eigenvalue weighted by Gasteiger charge is 2.19. The molecule has 17 heavy (non-hydrogen) atoms. The predicted molar refractivity (Wildman–Crippen MR) is 66.6 cm³/mol. The third kappa shape index (κ3) is 4.75. The molecule has 1 rings (SSSR count). The van der Waals surface area contributed by atoms with Crippen LogP contribution >= 0.6 is 23.2 Å². The molecule has 2 N–H and O–H groups in total. The number of rotatable bonds is 5. The summed E-state index contributed by atoms with van der Waals surface area (Å²) in [6.07, 6.45) is 0.481. The molecule has 0 fully saturated rings. The lowest BCUT2D eigenvalue weighted by Gasteiger charge is -2.16. The summed E-state index contributed by atoms with van der Waals surface area (Å²) in [6.45, 7) is 3.88. The summed E-state index contributed by atoms with van der Waals surface area (Å²) < 4.78 is 0. The fourth-order valence-electron chi connectivity index (χ4n) is 1.34. The predicted octanol–water partition coefficient (Wildman–Crippen LogP) is 2.69. The second-order valence-corrected chi connectivity index (χ2v) is 4.73. The number of hydrogen-bond acceptors (Lipinski definition) is 4. The summed E-state index contributed by atoms with van der Waals surface area (Å²) >= 11 is 11.3. The minimum Gasteiger partial charge on any atom is -0.480 e. The van der Waals surface area contributed by atoms with Crippen LogP contribution in [0.2, 0.25) is 10.4 Å². The van der Waals surface area contributed by atoms with Crippen LogP contribution in [-0.4, -0.2) is 27.1 Å². The van der Waals surface area contributed by atoms with Crippen molar-refractivity contribution in [2.24, 2.45) is 5.92 Å². The molecule has 0 saturated heterocycles. The molecular weight excluding hydrogens is 265 g/mol. The second kappa shape index (κ2) is 6.02. The zero-order valence-electron chi connectivity index (χ0n) is 9.44. The molecular formula is C10H13Cl2N3O2. The summed E-state index contributed by atoms with van der Waals surface area (Å²) in [5.41, 5.74) is 0. The van der Waals surface area contributed by atoms with Gasteiger partial charge in [-0.05, 0) is 23.9 Å². The topological polar surface area (TPSA) is 75.1 Å². The SMILES string of the molecule is CC(C)CC(Nc1cc(Cl)nc(Cl)n1)C(=O)O. The van der Waals surface area contributed by atoms with Crippen molar-refractivity contribution < 1.29 is 9.90 Å². The first kappa shape index (κ1) is 14.0. The summed E-state index contributed by atoms with van der Waals surface area (Å²) in [4.78, 5) is 18.6. The van der Waals surface area contributed by atoms with Crippen molar-refractivity contribution in [3.8, 4) is 0 Å². The van der Waals surface area contributed by atoms with Gasteiger partial charge in [-0.1, -0.05) is 25.4 Å². The maximum absolute atomic E-state index is 11.0. The average Bonchev–Trinajstić information content (AvgIpc) is 2.13. The molecule has 1 atom stereocenters. The van der Waals surface area contributed by atoms with E-state index in [0.717, 1.165) is 0 Å². The van der Waals surface area contributed by atoms with Crippen molar-refractivity contribution in [2.75, 3.05) is 5.32 Å². The van der Waals surface area contributed by atoms with E-state index in [0.29, 0.717) is 12.2 Å². The van der Waals surface area contributed by atoms with Crippen LogP contribution in [0.15, 0.2) is 6.07 Å². The van der Waals surface area contributed by atoms with Crippen molar-refractivity contribution >= 4 is 35.0 Å². The summed E-state index contributed by atoms with van der Waals surface area (Å²) in [6, 6.07) is 0.709. The number of nitrogens with zero attached hydrogens (tertiary/aromatic N) is 2. The van der Waals surface area contributed by atoms with Gasteiger partial charge >= 0.3 is 5.97 Å². The lowest BCUT2D eigenvalue weighted by molar-refractivity contribution is -0.138. The highest BCUT2D eigenvalue weighted by atomic mass is 35.5. The molecule has 0 aliphatic heterocycles. The number of hydrogen-bond donors (Lipinski definition) is 2. The number of halogens is 2. The van der Waals surface area contributed by atoms with E-state index in [1.165, 1.54) is 6.07 Å². The van der Waals surface area contributed by atoms with Crippen LogP contribution in [0, 0.1) is 5.92 Å². The Morgan fingerprint density at radius 2 is 2.12 bits per heavy atom. The Bertz CT molecular complexity index is 392.